The molecule has 0 saturated carbocycles. The van der Waals surface area contributed by atoms with Gasteiger partial charge in [0.15, 0.2) is 5.69 Å². The molecule has 0 radical (unpaired) electrons. The van der Waals surface area contributed by atoms with Crippen LogP contribution in [0.15, 0.2) is 30.3 Å². The number of halogens is 3. The molecule has 2 aromatic rings. The molecule has 5 nitrogen and oxygen atoms in total. The quantitative estimate of drug-likeness (QED) is 0.944. The number of rotatable bonds is 4. The number of aromatic nitrogens is 2. The largest absolute Gasteiger partial charge is 0.487 e. The van der Waals surface area contributed by atoms with E-state index in [0.717, 1.165) is 12.1 Å². The second-order valence-electron chi connectivity index (χ2n) is 4.79. The molecule has 8 heteroatoms. The zero-order chi connectivity index (χ0) is 16.3. The van der Waals surface area contributed by atoms with Crippen molar-refractivity contribution in [1.82, 2.24) is 15.1 Å². The molecule has 1 aromatic carbocycles. The van der Waals surface area contributed by atoms with E-state index >= 15 is 0 Å². The molecule has 118 valence electrons. The lowest BCUT2D eigenvalue weighted by molar-refractivity contribution is -0.137. The first-order valence-corrected chi connectivity index (χ1v) is 6.33. The van der Waals surface area contributed by atoms with Crippen molar-refractivity contribution in [3.63, 3.8) is 0 Å². The van der Waals surface area contributed by atoms with Crippen molar-refractivity contribution in [3.05, 3.63) is 47.3 Å². The first kappa shape index (κ1) is 15.9. The molecule has 1 aromatic heterocycles. The Balaban J connectivity index is 2.03. The molecule has 0 fully saturated rings. The third kappa shape index (κ3) is 3.78. The Bertz CT molecular complexity index is 665. The van der Waals surface area contributed by atoms with E-state index in [1.165, 1.54) is 23.1 Å². The smallest absolute Gasteiger partial charge is 0.416 e. The first-order chi connectivity index (χ1) is 10.3. The Kier molecular flexibility index (Phi) is 4.39. The van der Waals surface area contributed by atoms with Crippen LogP contribution in [-0.2, 0) is 12.8 Å². The molecule has 0 saturated heterocycles. The first-order valence-electron chi connectivity index (χ1n) is 6.33. The summed E-state index contributed by atoms with van der Waals surface area (Å²) in [6.45, 7) is -0.0188. The maximum Gasteiger partial charge on any atom is 0.416 e. The van der Waals surface area contributed by atoms with Gasteiger partial charge in [-0.3, -0.25) is 9.89 Å². The van der Waals surface area contributed by atoms with Crippen LogP contribution in [0.5, 0.6) is 5.75 Å². The van der Waals surface area contributed by atoms with Crippen LogP contribution < -0.4 is 4.74 Å². The number of benzene rings is 1. The molecule has 1 heterocycles. The van der Waals surface area contributed by atoms with Crippen molar-refractivity contribution in [2.45, 2.75) is 12.8 Å². The average Bonchev–Trinajstić information content (AvgIpc) is 2.92. The Morgan fingerprint density at radius 1 is 1.32 bits per heavy atom. The van der Waals surface area contributed by atoms with E-state index in [9.17, 15) is 18.0 Å². The van der Waals surface area contributed by atoms with Gasteiger partial charge >= 0.3 is 6.18 Å². The van der Waals surface area contributed by atoms with Crippen LogP contribution in [0.25, 0.3) is 0 Å². The van der Waals surface area contributed by atoms with Crippen LogP contribution in [0.3, 0.4) is 0 Å². The van der Waals surface area contributed by atoms with Crippen LogP contribution in [0.4, 0.5) is 13.2 Å². The van der Waals surface area contributed by atoms with Crippen molar-refractivity contribution in [2.24, 2.45) is 0 Å². The standard InChI is InChI=1S/C14H14F3N3O2/c1-20(2)13(21)12-7-10(18-19-12)8-22-11-5-3-4-9(6-11)14(15,16)17/h3-7H,8H2,1-2H3,(H,18,19). The van der Waals surface area contributed by atoms with Gasteiger partial charge in [0.25, 0.3) is 5.91 Å². The second kappa shape index (κ2) is 6.08. The fourth-order valence-corrected chi connectivity index (χ4v) is 1.70. The summed E-state index contributed by atoms with van der Waals surface area (Å²) in [7, 11) is 3.19. The number of alkyl halides is 3. The highest BCUT2D eigenvalue weighted by Crippen LogP contribution is 2.31. The Hall–Kier alpha value is -2.51. The molecule has 0 aliphatic rings. The lowest BCUT2D eigenvalue weighted by Crippen LogP contribution is -2.21. The van der Waals surface area contributed by atoms with E-state index in [2.05, 4.69) is 10.2 Å². The number of nitrogens with zero attached hydrogens (tertiary/aromatic N) is 2. The van der Waals surface area contributed by atoms with E-state index < -0.39 is 11.7 Å². The maximum absolute atomic E-state index is 12.6. The van der Waals surface area contributed by atoms with Gasteiger partial charge in [-0.1, -0.05) is 6.07 Å². The number of carbonyl (C=O) groups is 1. The minimum atomic E-state index is -4.42. The average molecular weight is 313 g/mol. The van der Waals surface area contributed by atoms with Crippen molar-refractivity contribution in [2.75, 3.05) is 14.1 Å². The Morgan fingerprint density at radius 3 is 2.68 bits per heavy atom. The number of amides is 1. The predicted molar refractivity (Wildman–Crippen MR) is 72.4 cm³/mol. The van der Waals surface area contributed by atoms with E-state index in [4.69, 9.17) is 4.74 Å². The number of aromatic amines is 1. The third-order valence-electron chi connectivity index (χ3n) is 2.81. The normalized spacial score (nSPS) is 11.3. The van der Waals surface area contributed by atoms with Gasteiger partial charge < -0.3 is 9.64 Å². The molecular weight excluding hydrogens is 299 g/mol. The van der Waals surface area contributed by atoms with Crippen LogP contribution in [0.2, 0.25) is 0 Å². The van der Waals surface area contributed by atoms with Crippen LogP contribution in [-0.4, -0.2) is 35.1 Å². The second-order valence-corrected chi connectivity index (χ2v) is 4.79. The number of nitrogens with one attached hydrogen (secondary N) is 1. The van der Waals surface area contributed by atoms with E-state index in [1.54, 1.807) is 14.1 Å². The van der Waals surface area contributed by atoms with Gasteiger partial charge in [-0.25, -0.2) is 0 Å². The number of carbonyl (C=O) groups excluding carboxylic acids is 1. The van der Waals surface area contributed by atoms with Crippen LogP contribution in [0.1, 0.15) is 21.7 Å². The van der Waals surface area contributed by atoms with Crippen molar-refractivity contribution < 1.29 is 22.7 Å². The fourth-order valence-electron chi connectivity index (χ4n) is 1.70. The zero-order valence-corrected chi connectivity index (χ0v) is 11.9. The highest BCUT2D eigenvalue weighted by atomic mass is 19.4. The van der Waals surface area contributed by atoms with Gasteiger partial charge in [0, 0.05) is 14.1 Å². The summed E-state index contributed by atoms with van der Waals surface area (Å²) in [6, 6.07) is 6.08. The molecule has 22 heavy (non-hydrogen) atoms. The lowest BCUT2D eigenvalue weighted by atomic mass is 10.2. The summed E-state index contributed by atoms with van der Waals surface area (Å²) >= 11 is 0. The Labute approximate surface area is 124 Å². The van der Waals surface area contributed by atoms with Crippen molar-refractivity contribution in [1.29, 1.82) is 0 Å². The summed E-state index contributed by atoms with van der Waals surface area (Å²) in [5.41, 5.74) is -0.0756. The Morgan fingerprint density at radius 2 is 2.05 bits per heavy atom. The van der Waals surface area contributed by atoms with Gasteiger partial charge in [0.05, 0.1) is 11.3 Å². The molecule has 0 atom stereocenters. The van der Waals surface area contributed by atoms with Crippen molar-refractivity contribution >= 4 is 5.91 Å². The summed E-state index contributed by atoms with van der Waals surface area (Å²) in [5.74, 6) is -0.188. The van der Waals surface area contributed by atoms with Gasteiger partial charge in [-0.15, -0.1) is 0 Å². The summed E-state index contributed by atoms with van der Waals surface area (Å²) < 4.78 is 43.0. The topological polar surface area (TPSA) is 58.2 Å². The minimum absolute atomic E-state index is 0.0188. The SMILES string of the molecule is CN(C)C(=O)c1cc(COc2cccc(C(F)(F)F)c2)[nH]n1. The van der Waals surface area contributed by atoms with E-state index in [1.807, 2.05) is 0 Å². The molecule has 0 bridgehead atoms. The molecule has 0 spiro atoms. The molecule has 0 aliphatic carbocycles. The van der Waals surface area contributed by atoms with Crippen molar-refractivity contribution in [3.8, 4) is 5.75 Å². The summed E-state index contributed by atoms with van der Waals surface area (Å²) in [5, 5.41) is 6.44. The summed E-state index contributed by atoms with van der Waals surface area (Å²) in [4.78, 5) is 13.0. The maximum atomic E-state index is 12.6. The molecular formula is C14H14F3N3O2. The minimum Gasteiger partial charge on any atom is -0.487 e. The van der Waals surface area contributed by atoms with Crippen LogP contribution >= 0.6 is 0 Å². The lowest BCUT2D eigenvalue weighted by Gasteiger charge is -2.09. The number of ether oxygens (including phenoxy) is 1. The van der Waals surface area contributed by atoms with E-state index in [0.29, 0.717) is 5.69 Å². The van der Waals surface area contributed by atoms with Gasteiger partial charge in [0.2, 0.25) is 0 Å². The molecule has 2 rings (SSSR count). The number of H-pyrrole nitrogens is 1. The highest BCUT2D eigenvalue weighted by molar-refractivity contribution is 5.91. The molecule has 1 N–H and O–H groups in total. The summed E-state index contributed by atoms with van der Waals surface area (Å²) in [6.07, 6.45) is -4.42. The number of hydrogen-bond acceptors (Lipinski definition) is 3. The zero-order valence-electron chi connectivity index (χ0n) is 11.9. The molecule has 0 aliphatic heterocycles. The van der Waals surface area contributed by atoms with E-state index in [-0.39, 0.29) is 24.0 Å². The fraction of sp³-hybridized carbons (Fsp3) is 0.286. The highest BCUT2D eigenvalue weighted by Gasteiger charge is 2.30. The predicted octanol–water partition coefficient (Wildman–Crippen LogP) is 2.71. The number of hydrogen-bond donors (Lipinski definition) is 1. The van der Waals surface area contributed by atoms with Crippen LogP contribution in [0, 0.1) is 0 Å². The van der Waals surface area contributed by atoms with Gasteiger partial charge in [0.1, 0.15) is 12.4 Å². The van der Waals surface area contributed by atoms with Gasteiger partial charge in [-0.2, -0.15) is 18.3 Å². The monoisotopic (exact) mass is 313 g/mol. The molecule has 1 amide bonds. The molecule has 0 unspecified atom stereocenters. The van der Waals surface area contributed by atoms with Gasteiger partial charge in [-0.05, 0) is 24.3 Å². The third-order valence-corrected chi connectivity index (χ3v) is 2.81.